The number of amides is 1. The summed E-state index contributed by atoms with van der Waals surface area (Å²) in [5.41, 5.74) is 0.785. The Bertz CT molecular complexity index is 360. The predicted molar refractivity (Wildman–Crippen MR) is 51.4 cm³/mol. The normalized spacial score (nSPS) is 11.5. The van der Waals surface area contributed by atoms with Crippen molar-refractivity contribution in [3.63, 3.8) is 0 Å². The van der Waals surface area contributed by atoms with Gasteiger partial charge in [0.15, 0.2) is 0 Å². The molecule has 0 aliphatic carbocycles. The predicted octanol–water partition coefficient (Wildman–Crippen LogP) is 3.32. The van der Waals surface area contributed by atoms with Crippen molar-refractivity contribution in [3.8, 4) is 0 Å². The second-order valence-electron chi connectivity index (χ2n) is 2.51. The van der Waals surface area contributed by atoms with Crippen molar-refractivity contribution in [1.29, 1.82) is 0 Å². The molecule has 0 saturated carbocycles. The first-order valence-corrected chi connectivity index (χ1v) is 5.11. The molecule has 1 rings (SSSR count). The number of anilines is 1. The molecule has 1 aromatic rings. The van der Waals surface area contributed by atoms with Gasteiger partial charge in [-0.1, -0.05) is 0 Å². The topological polar surface area (TPSA) is 29.1 Å². The summed E-state index contributed by atoms with van der Waals surface area (Å²) in [6.45, 7) is 1.73. The lowest BCUT2D eigenvalue weighted by Crippen LogP contribution is -2.29. The summed E-state index contributed by atoms with van der Waals surface area (Å²) in [6, 6.07) is 0. The molecule has 0 aliphatic heterocycles. The van der Waals surface area contributed by atoms with Crippen LogP contribution in [0.2, 0.25) is 0 Å². The second kappa shape index (κ2) is 3.90. The zero-order chi connectivity index (χ0) is 10.9. The van der Waals surface area contributed by atoms with E-state index in [4.69, 9.17) is 0 Å². The van der Waals surface area contributed by atoms with Crippen LogP contribution in [0, 0.1) is 6.92 Å². The summed E-state index contributed by atoms with van der Waals surface area (Å²) in [5, 5.41) is 3.60. The first-order valence-electron chi connectivity index (χ1n) is 3.44. The molecule has 0 unspecified atom stereocenters. The first-order chi connectivity index (χ1) is 6.32. The van der Waals surface area contributed by atoms with Crippen molar-refractivity contribution < 1.29 is 18.0 Å². The molecule has 1 N–H and O–H groups in total. The monoisotopic (exact) mass is 287 g/mol. The van der Waals surface area contributed by atoms with Crippen molar-refractivity contribution in [2.45, 2.75) is 13.1 Å². The molecule has 1 heterocycles. The van der Waals surface area contributed by atoms with Crippen LogP contribution in [0.3, 0.4) is 0 Å². The number of halogens is 4. The fourth-order valence-electron chi connectivity index (χ4n) is 0.688. The maximum Gasteiger partial charge on any atom is 0.471 e. The van der Waals surface area contributed by atoms with Gasteiger partial charge in [-0.2, -0.15) is 13.2 Å². The zero-order valence-electron chi connectivity index (χ0n) is 6.91. The number of alkyl halides is 3. The molecule has 1 amide bonds. The molecule has 0 aromatic carbocycles. The van der Waals surface area contributed by atoms with Crippen LogP contribution in [0.5, 0.6) is 0 Å². The Hall–Kier alpha value is -0.560. The van der Waals surface area contributed by atoms with Gasteiger partial charge in [-0.3, -0.25) is 4.79 Å². The van der Waals surface area contributed by atoms with Gasteiger partial charge in [-0.25, -0.2) is 0 Å². The van der Waals surface area contributed by atoms with E-state index in [1.165, 1.54) is 0 Å². The molecular weight excluding hydrogens is 283 g/mol. The van der Waals surface area contributed by atoms with Gasteiger partial charge in [0.2, 0.25) is 0 Å². The summed E-state index contributed by atoms with van der Waals surface area (Å²) < 4.78 is 36.0. The Morgan fingerprint density at radius 3 is 2.50 bits per heavy atom. The Morgan fingerprint density at radius 2 is 2.14 bits per heavy atom. The number of carbonyl (C=O) groups excluding carboxylic acids is 1. The summed E-state index contributed by atoms with van der Waals surface area (Å²) in [4.78, 5) is 10.5. The van der Waals surface area contributed by atoms with Gasteiger partial charge in [-0.15, -0.1) is 11.3 Å². The third kappa shape index (κ3) is 2.48. The van der Waals surface area contributed by atoms with Crippen LogP contribution in [-0.4, -0.2) is 12.1 Å². The molecule has 7 heteroatoms. The minimum atomic E-state index is -4.85. The number of thiophene rings is 1. The van der Waals surface area contributed by atoms with Crippen LogP contribution < -0.4 is 5.32 Å². The Morgan fingerprint density at radius 1 is 1.57 bits per heavy atom. The van der Waals surface area contributed by atoms with E-state index in [0.717, 1.165) is 16.9 Å². The maximum atomic E-state index is 11.9. The van der Waals surface area contributed by atoms with Crippen molar-refractivity contribution in [1.82, 2.24) is 0 Å². The van der Waals surface area contributed by atoms with E-state index in [-0.39, 0.29) is 5.00 Å². The third-order valence-electron chi connectivity index (χ3n) is 1.38. The molecular formula is C7H5BrF3NOS. The van der Waals surface area contributed by atoms with Crippen LogP contribution in [0.15, 0.2) is 9.85 Å². The molecule has 0 saturated heterocycles. The smallest absolute Gasteiger partial charge is 0.309 e. The van der Waals surface area contributed by atoms with Crippen LogP contribution in [0.1, 0.15) is 5.56 Å². The third-order valence-corrected chi connectivity index (χ3v) is 3.68. The second-order valence-corrected chi connectivity index (χ2v) is 4.19. The van der Waals surface area contributed by atoms with E-state index in [2.05, 4.69) is 15.9 Å². The largest absolute Gasteiger partial charge is 0.471 e. The molecule has 0 atom stereocenters. The first kappa shape index (κ1) is 11.5. The average molecular weight is 288 g/mol. The minimum absolute atomic E-state index is 0.171. The molecule has 1 aromatic heterocycles. The summed E-state index contributed by atoms with van der Waals surface area (Å²) >= 11 is 4.12. The lowest BCUT2D eigenvalue weighted by atomic mass is 10.4. The Kier molecular flexibility index (Phi) is 3.20. The quantitative estimate of drug-likeness (QED) is 0.844. The Balaban J connectivity index is 2.80. The fourth-order valence-corrected chi connectivity index (χ4v) is 2.16. The highest BCUT2D eigenvalue weighted by Gasteiger charge is 2.39. The summed E-state index contributed by atoms with van der Waals surface area (Å²) in [5.74, 6) is -1.96. The number of hydrogen-bond acceptors (Lipinski definition) is 2. The molecule has 0 aliphatic rings. The molecule has 0 spiro atoms. The van der Waals surface area contributed by atoms with Gasteiger partial charge in [0.1, 0.15) is 5.00 Å². The summed E-state index contributed by atoms with van der Waals surface area (Å²) in [6.07, 6.45) is -4.85. The standard InChI is InChI=1S/C7H5BrF3NOS/c1-3-2-14-5(4(3)8)12-6(13)7(9,10)11/h2H,1H3,(H,12,13). The average Bonchev–Trinajstić information content (AvgIpc) is 2.34. The number of rotatable bonds is 1. The van der Waals surface area contributed by atoms with Crippen LogP contribution >= 0.6 is 27.3 Å². The minimum Gasteiger partial charge on any atom is -0.309 e. The van der Waals surface area contributed by atoms with Gasteiger partial charge in [0.25, 0.3) is 0 Å². The Labute approximate surface area is 90.2 Å². The molecule has 0 radical (unpaired) electrons. The molecule has 0 fully saturated rings. The van der Waals surface area contributed by atoms with Crippen molar-refractivity contribution in [2.24, 2.45) is 0 Å². The highest BCUT2D eigenvalue weighted by molar-refractivity contribution is 9.10. The van der Waals surface area contributed by atoms with E-state index in [0.29, 0.717) is 4.47 Å². The van der Waals surface area contributed by atoms with Crippen molar-refractivity contribution >= 4 is 38.2 Å². The van der Waals surface area contributed by atoms with Crippen molar-refractivity contribution in [3.05, 3.63) is 15.4 Å². The number of carbonyl (C=O) groups is 1. The van der Waals surface area contributed by atoms with Gasteiger partial charge in [0.05, 0.1) is 4.47 Å². The van der Waals surface area contributed by atoms with Crippen LogP contribution in [-0.2, 0) is 4.79 Å². The summed E-state index contributed by atoms with van der Waals surface area (Å²) in [7, 11) is 0. The molecule has 78 valence electrons. The highest BCUT2D eigenvalue weighted by Crippen LogP contribution is 2.33. The van der Waals surface area contributed by atoms with Gasteiger partial charge < -0.3 is 5.32 Å². The molecule has 14 heavy (non-hydrogen) atoms. The number of nitrogens with one attached hydrogen (secondary N) is 1. The van der Waals surface area contributed by atoms with E-state index in [1.807, 2.05) is 0 Å². The lowest BCUT2D eigenvalue weighted by Gasteiger charge is -2.06. The van der Waals surface area contributed by atoms with Crippen LogP contribution in [0.25, 0.3) is 0 Å². The SMILES string of the molecule is Cc1csc(NC(=O)C(F)(F)F)c1Br. The van der Waals surface area contributed by atoms with Crippen molar-refractivity contribution in [2.75, 3.05) is 5.32 Å². The molecule has 2 nitrogen and oxygen atoms in total. The maximum absolute atomic E-state index is 11.9. The fraction of sp³-hybridized carbons (Fsp3) is 0.286. The van der Waals surface area contributed by atoms with E-state index >= 15 is 0 Å². The lowest BCUT2D eigenvalue weighted by molar-refractivity contribution is -0.167. The number of aryl methyl sites for hydroxylation is 1. The highest BCUT2D eigenvalue weighted by atomic mass is 79.9. The van der Waals surface area contributed by atoms with Gasteiger partial charge in [0, 0.05) is 0 Å². The van der Waals surface area contributed by atoms with E-state index in [9.17, 15) is 18.0 Å². The zero-order valence-corrected chi connectivity index (χ0v) is 9.31. The van der Waals surface area contributed by atoms with Gasteiger partial charge >= 0.3 is 12.1 Å². The van der Waals surface area contributed by atoms with E-state index in [1.54, 1.807) is 17.6 Å². The van der Waals surface area contributed by atoms with Crippen LogP contribution in [0.4, 0.5) is 18.2 Å². The van der Waals surface area contributed by atoms with Gasteiger partial charge in [-0.05, 0) is 33.8 Å². The molecule has 0 bridgehead atoms. The van der Waals surface area contributed by atoms with E-state index < -0.39 is 12.1 Å². The number of hydrogen-bond donors (Lipinski definition) is 1.